The molecule has 144 valence electrons. The summed E-state index contributed by atoms with van der Waals surface area (Å²) in [5, 5.41) is 21.6. The number of ether oxygens (including phenoxy) is 2. The summed E-state index contributed by atoms with van der Waals surface area (Å²) in [4.78, 5) is 0. The van der Waals surface area contributed by atoms with Gasteiger partial charge < -0.3 is 19.7 Å². The van der Waals surface area contributed by atoms with Crippen molar-refractivity contribution in [3.63, 3.8) is 0 Å². The topological polar surface area (TPSA) is 58.9 Å². The molecule has 0 saturated carbocycles. The fraction of sp³-hybridized carbons (Fsp3) is 0.455. The van der Waals surface area contributed by atoms with E-state index >= 15 is 0 Å². The van der Waals surface area contributed by atoms with Gasteiger partial charge in [-0.15, -0.1) is 0 Å². The number of fused-ring (bicyclic) bond motifs is 2. The van der Waals surface area contributed by atoms with E-state index in [-0.39, 0.29) is 6.10 Å². The second-order valence-electron chi connectivity index (χ2n) is 7.53. The summed E-state index contributed by atoms with van der Waals surface area (Å²) in [6.07, 6.45) is -0.164. The summed E-state index contributed by atoms with van der Waals surface area (Å²) in [5.74, 6) is -1.32. The van der Waals surface area contributed by atoms with E-state index in [1.807, 2.05) is 19.1 Å². The van der Waals surface area contributed by atoms with Gasteiger partial charge in [0.25, 0.3) is 0 Å². The predicted octanol–water partition coefficient (Wildman–Crippen LogP) is 3.71. The molecule has 1 fully saturated rings. The summed E-state index contributed by atoms with van der Waals surface area (Å²) in [5.41, 5.74) is 5.17. The van der Waals surface area contributed by atoms with E-state index in [4.69, 9.17) is 21.1 Å². The summed E-state index contributed by atoms with van der Waals surface area (Å²) in [6, 6.07) is 12.2. The standard InChI is InChI=1S/C22H25ClO4/c1-3-14-4-6-15(7-5-14)11-16-17-12-26-22(18(17)8-9-19(16)23)21(25)20(24)10-13(2)27-22/h4-9,13,20-21,24-25H,3,10-12H2,1-2H3. The Balaban J connectivity index is 1.73. The Bertz CT molecular complexity index is 835. The van der Waals surface area contributed by atoms with Gasteiger partial charge in [0.1, 0.15) is 6.10 Å². The van der Waals surface area contributed by atoms with E-state index < -0.39 is 18.0 Å². The van der Waals surface area contributed by atoms with Crippen LogP contribution in [0.4, 0.5) is 0 Å². The minimum Gasteiger partial charge on any atom is -0.390 e. The second kappa shape index (κ2) is 7.19. The Labute approximate surface area is 164 Å². The van der Waals surface area contributed by atoms with Crippen LogP contribution >= 0.6 is 11.6 Å². The van der Waals surface area contributed by atoms with Crippen molar-refractivity contribution in [2.45, 2.75) is 63.8 Å². The lowest BCUT2D eigenvalue weighted by Gasteiger charge is -2.43. The van der Waals surface area contributed by atoms with Crippen molar-refractivity contribution in [3.05, 3.63) is 69.2 Å². The first-order chi connectivity index (χ1) is 12.9. The average Bonchev–Trinajstić information content (AvgIpc) is 3.02. The molecule has 4 atom stereocenters. The molecule has 4 unspecified atom stereocenters. The first-order valence-corrected chi connectivity index (χ1v) is 9.89. The number of aryl methyl sites for hydroxylation is 1. The molecule has 0 radical (unpaired) electrons. The van der Waals surface area contributed by atoms with Gasteiger partial charge in [-0.3, -0.25) is 0 Å². The molecule has 2 N–H and O–H groups in total. The van der Waals surface area contributed by atoms with Gasteiger partial charge in [0.2, 0.25) is 5.79 Å². The molecule has 27 heavy (non-hydrogen) atoms. The van der Waals surface area contributed by atoms with Crippen LogP contribution in [0.5, 0.6) is 0 Å². The lowest BCUT2D eigenvalue weighted by atomic mass is 9.87. The van der Waals surface area contributed by atoms with E-state index in [2.05, 4.69) is 31.2 Å². The van der Waals surface area contributed by atoms with Crippen molar-refractivity contribution in [2.75, 3.05) is 0 Å². The largest absolute Gasteiger partial charge is 0.390 e. The van der Waals surface area contributed by atoms with Gasteiger partial charge in [-0.2, -0.15) is 0 Å². The molecule has 1 spiro atoms. The Morgan fingerprint density at radius 1 is 1.11 bits per heavy atom. The van der Waals surface area contributed by atoms with Gasteiger partial charge in [0.05, 0.1) is 18.8 Å². The van der Waals surface area contributed by atoms with Gasteiger partial charge in [0, 0.05) is 17.0 Å². The fourth-order valence-electron chi connectivity index (χ4n) is 4.18. The zero-order valence-electron chi connectivity index (χ0n) is 15.6. The summed E-state index contributed by atoms with van der Waals surface area (Å²) < 4.78 is 12.0. The monoisotopic (exact) mass is 388 g/mol. The van der Waals surface area contributed by atoms with E-state index in [9.17, 15) is 10.2 Å². The smallest absolute Gasteiger partial charge is 0.225 e. The number of aliphatic hydroxyl groups is 2. The Hall–Kier alpha value is -1.43. The lowest BCUT2D eigenvalue weighted by Crippen LogP contribution is -2.55. The predicted molar refractivity (Wildman–Crippen MR) is 104 cm³/mol. The van der Waals surface area contributed by atoms with Gasteiger partial charge in [-0.25, -0.2) is 0 Å². The quantitative estimate of drug-likeness (QED) is 0.841. The first-order valence-electron chi connectivity index (χ1n) is 9.51. The number of rotatable bonds is 3. The highest BCUT2D eigenvalue weighted by atomic mass is 35.5. The van der Waals surface area contributed by atoms with E-state index in [1.54, 1.807) is 0 Å². The third kappa shape index (κ3) is 3.20. The molecule has 0 aromatic heterocycles. The van der Waals surface area contributed by atoms with Gasteiger partial charge >= 0.3 is 0 Å². The Morgan fingerprint density at radius 2 is 1.81 bits per heavy atom. The van der Waals surface area contributed by atoms with Crippen LogP contribution < -0.4 is 0 Å². The van der Waals surface area contributed by atoms with E-state index in [0.717, 1.165) is 23.1 Å². The third-order valence-electron chi connectivity index (χ3n) is 5.70. The maximum atomic E-state index is 10.7. The number of hydrogen-bond donors (Lipinski definition) is 2. The molecular formula is C22H25ClO4. The van der Waals surface area contributed by atoms with Crippen LogP contribution in [-0.2, 0) is 34.7 Å². The lowest BCUT2D eigenvalue weighted by molar-refractivity contribution is -0.342. The normalized spacial score (nSPS) is 29.9. The third-order valence-corrected chi connectivity index (χ3v) is 6.05. The van der Waals surface area contributed by atoms with E-state index in [1.165, 1.54) is 11.1 Å². The highest BCUT2D eigenvalue weighted by Gasteiger charge is 2.54. The highest BCUT2D eigenvalue weighted by molar-refractivity contribution is 6.31. The molecule has 2 aromatic rings. The highest BCUT2D eigenvalue weighted by Crippen LogP contribution is 2.47. The van der Waals surface area contributed by atoms with Crippen LogP contribution in [0.1, 0.15) is 48.1 Å². The van der Waals surface area contributed by atoms with Gasteiger partial charge in [-0.1, -0.05) is 48.9 Å². The van der Waals surface area contributed by atoms with Crippen molar-refractivity contribution in [2.24, 2.45) is 0 Å². The molecule has 2 heterocycles. The molecule has 2 aliphatic rings. The van der Waals surface area contributed by atoms with Gasteiger partial charge in [-0.05, 0) is 48.1 Å². The fourth-order valence-corrected chi connectivity index (χ4v) is 4.43. The SMILES string of the molecule is CCc1ccc(Cc2c(Cl)ccc3c2COC32OC(C)CC(O)C2O)cc1. The van der Waals surface area contributed by atoms with Crippen LogP contribution in [-0.4, -0.2) is 28.5 Å². The van der Waals surface area contributed by atoms with Crippen molar-refractivity contribution in [3.8, 4) is 0 Å². The molecule has 5 heteroatoms. The average molecular weight is 389 g/mol. The number of benzene rings is 2. The molecule has 0 aliphatic carbocycles. The minimum atomic E-state index is -1.32. The number of hydrogen-bond acceptors (Lipinski definition) is 4. The maximum absolute atomic E-state index is 10.7. The van der Waals surface area contributed by atoms with Crippen LogP contribution in [0.25, 0.3) is 0 Å². The second-order valence-corrected chi connectivity index (χ2v) is 7.94. The summed E-state index contributed by atoms with van der Waals surface area (Å²) in [7, 11) is 0. The van der Waals surface area contributed by atoms with Crippen molar-refractivity contribution in [1.29, 1.82) is 0 Å². The van der Waals surface area contributed by atoms with Crippen LogP contribution in [0.15, 0.2) is 36.4 Å². The summed E-state index contributed by atoms with van der Waals surface area (Å²) >= 11 is 6.53. The van der Waals surface area contributed by atoms with Crippen LogP contribution in [0.2, 0.25) is 5.02 Å². The first kappa shape index (κ1) is 18.9. The van der Waals surface area contributed by atoms with Crippen molar-refractivity contribution in [1.82, 2.24) is 0 Å². The number of halogens is 1. The van der Waals surface area contributed by atoms with Crippen LogP contribution in [0, 0.1) is 0 Å². The van der Waals surface area contributed by atoms with E-state index in [0.29, 0.717) is 24.5 Å². The molecule has 0 bridgehead atoms. The van der Waals surface area contributed by atoms with Crippen molar-refractivity contribution >= 4 is 11.6 Å². The molecule has 0 amide bonds. The molecular weight excluding hydrogens is 364 g/mol. The molecule has 1 saturated heterocycles. The van der Waals surface area contributed by atoms with Crippen molar-refractivity contribution < 1.29 is 19.7 Å². The number of aliphatic hydroxyl groups excluding tert-OH is 2. The minimum absolute atomic E-state index is 0.213. The molecule has 2 aliphatic heterocycles. The zero-order chi connectivity index (χ0) is 19.2. The Kier molecular flexibility index (Phi) is 5.04. The molecule has 4 nitrogen and oxygen atoms in total. The Morgan fingerprint density at radius 3 is 2.52 bits per heavy atom. The molecule has 4 rings (SSSR count). The van der Waals surface area contributed by atoms with Gasteiger partial charge in [0.15, 0.2) is 0 Å². The maximum Gasteiger partial charge on any atom is 0.225 e. The molecule has 2 aromatic carbocycles. The zero-order valence-corrected chi connectivity index (χ0v) is 16.4. The summed E-state index contributed by atoms with van der Waals surface area (Å²) in [6.45, 7) is 4.32. The van der Waals surface area contributed by atoms with Crippen LogP contribution in [0.3, 0.4) is 0 Å².